The van der Waals surface area contributed by atoms with E-state index in [0.29, 0.717) is 40.1 Å². The maximum Gasteiger partial charge on any atom is 0.252 e. The van der Waals surface area contributed by atoms with Gasteiger partial charge >= 0.3 is 0 Å². The number of nitrogens with one attached hydrogen (secondary N) is 2. The molecule has 2 N–H and O–H groups in total. The second-order valence-corrected chi connectivity index (χ2v) is 9.24. The van der Waals surface area contributed by atoms with Crippen LogP contribution in [0.4, 0.5) is 11.8 Å². The Hall–Kier alpha value is -2.57. The molecule has 0 spiro atoms. The molecule has 4 rings (SSSR count). The van der Waals surface area contributed by atoms with Crippen LogP contribution in [0.15, 0.2) is 42.5 Å². The summed E-state index contributed by atoms with van der Waals surface area (Å²) in [6.07, 6.45) is 4.06. The first-order valence-electron chi connectivity index (χ1n) is 10.8. The maximum atomic E-state index is 12.5. The van der Waals surface area contributed by atoms with Crippen LogP contribution in [-0.2, 0) is 0 Å². The molecule has 168 valence electrons. The van der Waals surface area contributed by atoms with Gasteiger partial charge in [0.25, 0.3) is 5.91 Å². The number of nitrogens with zero attached hydrogens (tertiary/aromatic N) is 3. The monoisotopic (exact) mass is 471 g/mol. The number of hydrogen-bond donors (Lipinski definition) is 2. The van der Waals surface area contributed by atoms with Crippen molar-refractivity contribution in [2.75, 3.05) is 30.9 Å². The zero-order chi connectivity index (χ0) is 22.7. The average molecular weight is 472 g/mol. The number of para-hydroxylation sites is 1. The van der Waals surface area contributed by atoms with Crippen molar-refractivity contribution < 1.29 is 4.79 Å². The van der Waals surface area contributed by atoms with Crippen LogP contribution in [0.25, 0.3) is 10.9 Å². The molecule has 3 aromatic rings. The van der Waals surface area contributed by atoms with E-state index in [1.165, 1.54) is 0 Å². The van der Waals surface area contributed by atoms with Crippen molar-refractivity contribution in [3.63, 3.8) is 0 Å². The molecule has 8 heteroatoms. The molecule has 1 saturated carbocycles. The van der Waals surface area contributed by atoms with Gasteiger partial charge in [-0.15, -0.1) is 0 Å². The first-order chi connectivity index (χ1) is 15.4. The summed E-state index contributed by atoms with van der Waals surface area (Å²) in [7, 11) is 3.99. The third kappa shape index (κ3) is 5.08. The van der Waals surface area contributed by atoms with Crippen molar-refractivity contribution in [2.45, 2.75) is 31.7 Å². The highest BCUT2D eigenvalue weighted by molar-refractivity contribution is 6.43. The third-order valence-electron chi connectivity index (χ3n) is 5.93. The number of anilines is 2. The molecule has 0 saturated heterocycles. The fourth-order valence-corrected chi connectivity index (χ4v) is 4.56. The molecule has 1 fully saturated rings. The molecule has 0 bridgehead atoms. The SMILES string of the molecule is CN(C)c1nc(NC2CCC(CNC(=O)c3cccc(Cl)c3Cl)CC2)nc2ccccc12. The molecule has 0 atom stereocenters. The molecule has 0 unspecified atom stereocenters. The van der Waals surface area contributed by atoms with Crippen LogP contribution in [0, 0.1) is 5.92 Å². The van der Waals surface area contributed by atoms with Gasteiger partial charge in [0.15, 0.2) is 0 Å². The number of hydrogen-bond acceptors (Lipinski definition) is 5. The first kappa shape index (κ1) is 22.6. The van der Waals surface area contributed by atoms with Gasteiger partial charge in [0, 0.05) is 32.1 Å². The topological polar surface area (TPSA) is 70.2 Å². The van der Waals surface area contributed by atoms with Crippen LogP contribution in [0.2, 0.25) is 10.0 Å². The predicted molar refractivity (Wildman–Crippen MR) is 132 cm³/mol. The van der Waals surface area contributed by atoms with Crippen molar-refractivity contribution in [3.8, 4) is 0 Å². The summed E-state index contributed by atoms with van der Waals surface area (Å²) in [5, 5.41) is 8.26. The second kappa shape index (κ2) is 9.92. The lowest BCUT2D eigenvalue weighted by Gasteiger charge is -2.29. The Kier molecular flexibility index (Phi) is 7.01. The van der Waals surface area contributed by atoms with E-state index >= 15 is 0 Å². The Morgan fingerprint density at radius 2 is 1.78 bits per heavy atom. The van der Waals surface area contributed by atoms with Crippen molar-refractivity contribution in [1.29, 1.82) is 0 Å². The van der Waals surface area contributed by atoms with Crippen molar-refractivity contribution >= 4 is 51.8 Å². The zero-order valence-corrected chi connectivity index (χ0v) is 19.7. The molecular formula is C24H27Cl2N5O. The second-order valence-electron chi connectivity index (χ2n) is 8.46. The van der Waals surface area contributed by atoms with E-state index < -0.39 is 0 Å². The highest BCUT2D eigenvalue weighted by atomic mass is 35.5. The van der Waals surface area contributed by atoms with Gasteiger partial charge in [0.05, 0.1) is 21.1 Å². The Bertz CT molecular complexity index is 1110. The van der Waals surface area contributed by atoms with E-state index in [-0.39, 0.29) is 5.91 Å². The van der Waals surface area contributed by atoms with Crippen molar-refractivity contribution in [1.82, 2.24) is 15.3 Å². The molecule has 1 amide bonds. The number of benzene rings is 2. The lowest BCUT2D eigenvalue weighted by molar-refractivity contribution is 0.0943. The first-order valence-corrected chi connectivity index (χ1v) is 11.6. The summed E-state index contributed by atoms with van der Waals surface area (Å²) in [5.41, 5.74) is 1.35. The number of carbonyl (C=O) groups excluding carboxylic acids is 1. The number of aromatic nitrogens is 2. The molecule has 2 aromatic carbocycles. The molecule has 0 radical (unpaired) electrons. The molecule has 6 nitrogen and oxygen atoms in total. The van der Waals surface area contributed by atoms with Gasteiger partial charge in [-0.25, -0.2) is 4.98 Å². The number of carbonyl (C=O) groups is 1. The summed E-state index contributed by atoms with van der Waals surface area (Å²) in [6.45, 7) is 0.631. The molecule has 0 aliphatic heterocycles. The average Bonchev–Trinajstić information content (AvgIpc) is 2.79. The van der Waals surface area contributed by atoms with Crippen LogP contribution < -0.4 is 15.5 Å². The van der Waals surface area contributed by atoms with Gasteiger partial charge in [-0.05, 0) is 55.9 Å². The quantitative estimate of drug-likeness (QED) is 0.503. The Morgan fingerprint density at radius 1 is 1.03 bits per heavy atom. The minimum atomic E-state index is -0.182. The largest absolute Gasteiger partial charge is 0.362 e. The van der Waals surface area contributed by atoms with Gasteiger partial charge < -0.3 is 15.5 Å². The van der Waals surface area contributed by atoms with Gasteiger partial charge in [0.1, 0.15) is 5.82 Å². The highest BCUT2D eigenvalue weighted by Gasteiger charge is 2.23. The van der Waals surface area contributed by atoms with Crippen molar-refractivity contribution in [3.05, 3.63) is 58.1 Å². The highest BCUT2D eigenvalue weighted by Crippen LogP contribution is 2.29. The van der Waals surface area contributed by atoms with Crippen LogP contribution in [0.1, 0.15) is 36.0 Å². The smallest absolute Gasteiger partial charge is 0.252 e. The van der Waals surface area contributed by atoms with Gasteiger partial charge in [0.2, 0.25) is 5.95 Å². The summed E-state index contributed by atoms with van der Waals surface area (Å²) >= 11 is 12.2. The zero-order valence-electron chi connectivity index (χ0n) is 18.2. The van der Waals surface area contributed by atoms with E-state index in [2.05, 4.69) is 10.6 Å². The summed E-state index contributed by atoms with van der Waals surface area (Å²) in [4.78, 5) is 23.9. The Labute approximate surface area is 198 Å². The van der Waals surface area contributed by atoms with Crippen LogP contribution >= 0.6 is 23.2 Å². The number of halogens is 2. The molecular weight excluding hydrogens is 445 g/mol. The van der Waals surface area contributed by atoms with Crippen LogP contribution in [0.5, 0.6) is 0 Å². The lowest BCUT2D eigenvalue weighted by atomic mass is 9.86. The van der Waals surface area contributed by atoms with E-state index in [1.54, 1.807) is 18.2 Å². The van der Waals surface area contributed by atoms with E-state index in [9.17, 15) is 4.79 Å². The van der Waals surface area contributed by atoms with E-state index in [0.717, 1.165) is 42.4 Å². The third-order valence-corrected chi connectivity index (χ3v) is 6.75. The molecule has 1 aliphatic rings. The molecule has 1 aliphatic carbocycles. The molecule has 1 heterocycles. The predicted octanol–water partition coefficient (Wildman–Crippen LogP) is 5.40. The summed E-state index contributed by atoms with van der Waals surface area (Å²) < 4.78 is 0. The minimum absolute atomic E-state index is 0.182. The summed E-state index contributed by atoms with van der Waals surface area (Å²) in [5.74, 6) is 1.83. The van der Waals surface area contributed by atoms with Crippen LogP contribution in [-0.4, -0.2) is 42.6 Å². The fourth-order valence-electron chi connectivity index (χ4n) is 4.17. The van der Waals surface area contributed by atoms with Crippen molar-refractivity contribution in [2.24, 2.45) is 5.92 Å². The Balaban J connectivity index is 1.32. The van der Waals surface area contributed by atoms with E-state index in [4.69, 9.17) is 33.2 Å². The van der Waals surface area contributed by atoms with E-state index in [1.807, 2.05) is 43.3 Å². The van der Waals surface area contributed by atoms with Gasteiger partial charge in [-0.2, -0.15) is 4.98 Å². The fraction of sp³-hybridized carbons (Fsp3) is 0.375. The molecule has 1 aromatic heterocycles. The van der Waals surface area contributed by atoms with Crippen LogP contribution in [0.3, 0.4) is 0 Å². The standard InChI is InChI=1S/C24H27Cl2N5O/c1-31(2)22-17-6-3-4-9-20(17)29-24(30-22)28-16-12-10-15(11-13-16)14-27-23(32)18-7-5-8-19(25)21(18)26/h3-9,15-16H,10-14H2,1-2H3,(H,27,32)(H,28,29,30). The minimum Gasteiger partial charge on any atom is -0.362 e. The van der Waals surface area contributed by atoms with Gasteiger partial charge in [-0.1, -0.05) is 41.4 Å². The van der Waals surface area contributed by atoms with Gasteiger partial charge in [-0.3, -0.25) is 4.79 Å². The lowest BCUT2D eigenvalue weighted by Crippen LogP contribution is -2.34. The number of amides is 1. The summed E-state index contributed by atoms with van der Waals surface area (Å²) in [6, 6.07) is 13.5. The molecule has 32 heavy (non-hydrogen) atoms. The Morgan fingerprint density at radius 3 is 2.53 bits per heavy atom. The number of fused-ring (bicyclic) bond motifs is 1. The number of rotatable bonds is 6. The normalized spacial score (nSPS) is 18.4. The maximum absolute atomic E-state index is 12.5.